The first-order chi connectivity index (χ1) is 15.9. The first-order valence-electron chi connectivity index (χ1n) is 12.4. The van der Waals surface area contributed by atoms with Crippen LogP contribution in [0.4, 0.5) is 5.69 Å². The van der Waals surface area contributed by atoms with Gasteiger partial charge in [-0.15, -0.1) is 0 Å². The summed E-state index contributed by atoms with van der Waals surface area (Å²) in [7, 11) is 0. The lowest BCUT2D eigenvalue weighted by molar-refractivity contribution is -0.135. The lowest BCUT2D eigenvalue weighted by Gasteiger charge is -2.49. The van der Waals surface area contributed by atoms with E-state index in [2.05, 4.69) is 10.6 Å². The summed E-state index contributed by atoms with van der Waals surface area (Å²) in [5.74, 6) is -0.423. The number of carbonyl (C=O) groups excluding carboxylic acids is 3. The smallest absolute Gasteiger partial charge is 0.273 e. The highest BCUT2D eigenvalue weighted by atomic mass is 16.2. The van der Waals surface area contributed by atoms with Crippen molar-refractivity contribution in [3.63, 3.8) is 0 Å². The Bertz CT molecular complexity index is 1090. The van der Waals surface area contributed by atoms with E-state index in [1.165, 1.54) is 13.3 Å². The molecule has 1 atom stereocenters. The first-order valence-corrected chi connectivity index (χ1v) is 12.4. The van der Waals surface area contributed by atoms with Crippen LogP contribution in [-0.2, 0) is 16.1 Å². The monoisotopic (exact) mass is 450 g/mol. The van der Waals surface area contributed by atoms with Gasteiger partial charge in [-0.1, -0.05) is 50.3 Å². The third-order valence-corrected chi connectivity index (χ3v) is 7.81. The van der Waals surface area contributed by atoms with E-state index in [1.807, 2.05) is 40.7 Å². The molecule has 3 aliphatic rings. The van der Waals surface area contributed by atoms with Gasteiger partial charge in [0.15, 0.2) is 0 Å². The van der Waals surface area contributed by atoms with Crippen molar-refractivity contribution in [2.24, 2.45) is 0 Å². The quantitative estimate of drug-likeness (QED) is 0.732. The van der Waals surface area contributed by atoms with Crippen LogP contribution in [0.2, 0.25) is 0 Å². The van der Waals surface area contributed by atoms with Gasteiger partial charge in [0.25, 0.3) is 5.91 Å². The Morgan fingerprint density at radius 2 is 1.67 bits per heavy atom. The summed E-state index contributed by atoms with van der Waals surface area (Å²) in [4.78, 5) is 42.0. The largest absolute Gasteiger partial charge is 0.351 e. The standard InChI is InChI=1S/C26H34N4O3/c1-17(31)27-22-20-14-8-9-15-21(20)29-16-26(2,25(33)28-18-10-6-7-11-18)30(24(32)23(22)29)19-12-4-3-5-13-19/h8-9,14-15,18-19H,3-7,10-13,16H2,1-2H3,(H,27,31)(H,28,33). The highest BCUT2D eigenvalue weighted by Crippen LogP contribution is 2.41. The van der Waals surface area contributed by atoms with Gasteiger partial charge in [-0.3, -0.25) is 14.4 Å². The SMILES string of the molecule is CC(=O)Nc1c2n(c3ccccc13)CC(C)(C(=O)NC1CCCC1)N(C1CCCCC1)C2=O. The topological polar surface area (TPSA) is 83.4 Å². The van der Waals surface area contributed by atoms with Gasteiger partial charge >= 0.3 is 0 Å². The molecule has 0 bridgehead atoms. The van der Waals surface area contributed by atoms with Crippen molar-refractivity contribution in [3.05, 3.63) is 30.0 Å². The molecule has 1 aromatic heterocycles. The van der Waals surface area contributed by atoms with Gasteiger partial charge in [-0.25, -0.2) is 0 Å². The number of hydrogen-bond donors (Lipinski definition) is 2. The second kappa shape index (κ2) is 8.50. The molecule has 7 nitrogen and oxygen atoms in total. The van der Waals surface area contributed by atoms with Crippen molar-refractivity contribution in [3.8, 4) is 0 Å². The Balaban J connectivity index is 1.64. The average molecular weight is 451 g/mol. The molecule has 5 rings (SSSR count). The maximum absolute atomic E-state index is 14.2. The van der Waals surface area contributed by atoms with E-state index in [4.69, 9.17) is 0 Å². The predicted octanol–water partition coefficient (Wildman–Crippen LogP) is 4.21. The number of nitrogens with one attached hydrogen (secondary N) is 2. The van der Waals surface area contributed by atoms with Gasteiger partial charge in [0.05, 0.1) is 17.7 Å². The normalized spacial score (nSPS) is 24.2. The van der Waals surface area contributed by atoms with Crippen molar-refractivity contribution in [2.75, 3.05) is 5.32 Å². The summed E-state index contributed by atoms with van der Waals surface area (Å²) < 4.78 is 1.95. The Morgan fingerprint density at radius 1 is 1.00 bits per heavy atom. The molecule has 0 radical (unpaired) electrons. The molecule has 2 heterocycles. The molecule has 2 saturated carbocycles. The van der Waals surface area contributed by atoms with Crippen molar-refractivity contribution in [1.82, 2.24) is 14.8 Å². The zero-order chi connectivity index (χ0) is 23.2. The van der Waals surface area contributed by atoms with E-state index in [1.54, 1.807) is 0 Å². The third kappa shape index (κ3) is 3.71. The van der Waals surface area contributed by atoms with Crippen molar-refractivity contribution >= 4 is 34.3 Å². The van der Waals surface area contributed by atoms with E-state index in [0.29, 0.717) is 17.9 Å². The van der Waals surface area contributed by atoms with Crippen LogP contribution in [0.3, 0.4) is 0 Å². The zero-order valence-electron chi connectivity index (χ0n) is 19.7. The number of nitrogens with zero attached hydrogens (tertiary/aromatic N) is 2. The Labute approximate surface area is 194 Å². The third-order valence-electron chi connectivity index (χ3n) is 7.81. The molecule has 1 aliphatic heterocycles. The van der Waals surface area contributed by atoms with Crippen LogP contribution in [0.15, 0.2) is 24.3 Å². The number of anilines is 1. The molecule has 2 aromatic rings. The molecule has 0 spiro atoms. The molecule has 2 fully saturated rings. The van der Waals surface area contributed by atoms with E-state index < -0.39 is 5.54 Å². The summed E-state index contributed by atoms with van der Waals surface area (Å²) in [6.45, 7) is 3.77. The molecule has 7 heteroatoms. The molecule has 0 saturated heterocycles. The van der Waals surface area contributed by atoms with Crippen molar-refractivity contribution < 1.29 is 14.4 Å². The van der Waals surface area contributed by atoms with Crippen LogP contribution in [0.5, 0.6) is 0 Å². The number of para-hydroxylation sites is 1. The van der Waals surface area contributed by atoms with E-state index in [-0.39, 0.29) is 29.8 Å². The van der Waals surface area contributed by atoms with Crippen molar-refractivity contribution in [2.45, 2.75) is 95.8 Å². The molecular formula is C26H34N4O3. The van der Waals surface area contributed by atoms with Crippen LogP contribution < -0.4 is 10.6 Å². The summed E-state index contributed by atoms with van der Waals surface area (Å²) in [6, 6.07) is 7.96. The van der Waals surface area contributed by atoms with Crippen LogP contribution in [0, 0.1) is 0 Å². The van der Waals surface area contributed by atoms with E-state index in [0.717, 1.165) is 62.3 Å². The Kier molecular flexibility index (Phi) is 5.67. The fourth-order valence-corrected chi connectivity index (χ4v) is 6.22. The molecule has 1 aromatic carbocycles. The summed E-state index contributed by atoms with van der Waals surface area (Å²) in [6.07, 6.45) is 9.40. The summed E-state index contributed by atoms with van der Waals surface area (Å²) in [5, 5.41) is 7.03. The van der Waals surface area contributed by atoms with E-state index in [9.17, 15) is 14.4 Å². The lowest BCUT2D eigenvalue weighted by atomic mass is 9.86. The lowest BCUT2D eigenvalue weighted by Crippen LogP contribution is -2.67. The highest BCUT2D eigenvalue weighted by molar-refractivity contribution is 6.14. The minimum Gasteiger partial charge on any atom is -0.351 e. The van der Waals surface area contributed by atoms with E-state index >= 15 is 0 Å². The first kappa shape index (κ1) is 22.0. The van der Waals surface area contributed by atoms with Gasteiger partial charge in [0.2, 0.25) is 11.8 Å². The minimum atomic E-state index is -0.982. The van der Waals surface area contributed by atoms with Gasteiger partial charge < -0.3 is 20.1 Å². The van der Waals surface area contributed by atoms with Gasteiger partial charge in [-0.2, -0.15) is 0 Å². The summed E-state index contributed by atoms with van der Waals surface area (Å²) >= 11 is 0. The number of carbonyl (C=O) groups is 3. The Hall–Kier alpha value is -2.83. The molecular weight excluding hydrogens is 416 g/mol. The molecule has 2 aliphatic carbocycles. The average Bonchev–Trinajstić information content (AvgIpc) is 3.41. The van der Waals surface area contributed by atoms with Crippen LogP contribution in [-0.4, -0.2) is 44.8 Å². The molecule has 33 heavy (non-hydrogen) atoms. The van der Waals surface area contributed by atoms with Crippen molar-refractivity contribution in [1.29, 1.82) is 0 Å². The van der Waals surface area contributed by atoms with Crippen LogP contribution in [0.1, 0.15) is 82.1 Å². The number of aromatic nitrogens is 1. The number of fused-ring (bicyclic) bond motifs is 3. The second-order valence-corrected chi connectivity index (χ2v) is 10.2. The molecule has 3 amide bonds. The highest BCUT2D eigenvalue weighted by Gasteiger charge is 2.51. The molecule has 176 valence electrons. The maximum atomic E-state index is 14.2. The predicted molar refractivity (Wildman–Crippen MR) is 128 cm³/mol. The molecule has 2 N–H and O–H groups in total. The van der Waals surface area contributed by atoms with Gasteiger partial charge in [0, 0.05) is 24.4 Å². The maximum Gasteiger partial charge on any atom is 0.273 e. The number of hydrogen-bond acceptors (Lipinski definition) is 3. The number of benzene rings is 1. The van der Waals surface area contributed by atoms with Gasteiger partial charge in [0.1, 0.15) is 11.2 Å². The van der Waals surface area contributed by atoms with Crippen LogP contribution in [0.25, 0.3) is 10.9 Å². The fraction of sp³-hybridized carbons (Fsp3) is 0.577. The minimum absolute atomic E-state index is 0.0301. The number of rotatable bonds is 4. The number of amides is 3. The zero-order valence-corrected chi connectivity index (χ0v) is 19.7. The molecule has 1 unspecified atom stereocenters. The van der Waals surface area contributed by atoms with Gasteiger partial charge in [-0.05, 0) is 38.7 Å². The fourth-order valence-electron chi connectivity index (χ4n) is 6.22. The van der Waals surface area contributed by atoms with Crippen LogP contribution >= 0.6 is 0 Å². The summed E-state index contributed by atoms with van der Waals surface area (Å²) in [5.41, 5.74) is 0.933. The Morgan fingerprint density at radius 3 is 2.36 bits per heavy atom. The second-order valence-electron chi connectivity index (χ2n) is 10.2.